The highest BCUT2D eigenvalue weighted by Gasteiger charge is 2.21. The maximum Gasteiger partial charge on any atom is 0.123 e. The zero-order valence-corrected chi connectivity index (χ0v) is 11.4. The van der Waals surface area contributed by atoms with Crippen molar-refractivity contribution in [2.45, 2.75) is 45.1 Å². The van der Waals surface area contributed by atoms with Gasteiger partial charge in [-0.3, -0.25) is 4.90 Å². The van der Waals surface area contributed by atoms with Crippen LogP contribution in [-0.2, 0) is 0 Å². The average molecular weight is 242 g/mol. The Bertz CT molecular complexity index is 408. The molecule has 1 aliphatic rings. The summed E-state index contributed by atoms with van der Waals surface area (Å²) in [4.78, 5) is 2.31. The Balaban J connectivity index is 2.14. The summed E-state index contributed by atoms with van der Waals surface area (Å²) < 4.78 is 0. The average Bonchev–Trinajstić information content (AvgIpc) is 2.41. The van der Waals surface area contributed by atoms with E-state index in [2.05, 4.69) is 49.1 Å². The van der Waals surface area contributed by atoms with Gasteiger partial charge in [0.2, 0.25) is 0 Å². The molecule has 18 heavy (non-hydrogen) atoms. The van der Waals surface area contributed by atoms with Gasteiger partial charge < -0.3 is 0 Å². The number of hydrogen-bond donors (Lipinski definition) is 0. The fraction of sp³-hybridized carbons (Fsp3) is 0.562. The summed E-state index contributed by atoms with van der Waals surface area (Å²) in [5.41, 5.74) is 2.48. The van der Waals surface area contributed by atoms with Crippen LogP contribution in [0.2, 0.25) is 0 Å². The molecule has 1 atom stereocenters. The zero-order valence-electron chi connectivity index (χ0n) is 11.4. The van der Waals surface area contributed by atoms with Gasteiger partial charge in [0.15, 0.2) is 0 Å². The Morgan fingerprint density at radius 3 is 2.06 bits per heavy atom. The molecule has 0 amide bonds. The first-order chi connectivity index (χ1) is 8.72. The summed E-state index contributed by atoms with van der Waals surface area (Å²) in [7, 11) is 0. The topological polar surface area (TPSA) is 27.0 Å². The van der Waals surface area contributed by atoms with Crippen LogP contribution >= 0.6 is 0 Å². The number of benzene rings is 1. The van der Waals surface area contributed by atoms with Gasteiger partial charge in [0, 0.05) is 0 Å². The molecule has 96 valence electrons. The first-order valence-corrected chi connectivity index (χ1v) is 6.96. The first kappa shape index (κ1) is 13.1. The van der Waals surface area contributed by atoms with E-state index in [1.807, 2.05) is 0 Å². The molecule has 2 heteroatoms. The van der Waals surface area contributed by atoms with E-state index < -0.39 is 0 Å². The number of piperidine rings is 1. The Morgan fingerprint density at radius 2 is 1.56 bits per heavy atom. The number of nitriles is 1. The molecule has 0 bridgehead atoms. The SMILES string of the molecule is CC(C)c1ccc(C(C#N)N2CCCCC2)cc1. The number of rotatable bonds is 3. The van der Waals surface area contributed by atoms with E-state index in [4.69, 9.17) is 0 Å². The molecule has 0 aliphatic carbocycles. The van der Waals surface area contributed by atoms with Crippen molar-refractivity contribution in [3.8, 4) is 6.07 Å². The normalized spacial score (nSPS) is 18.6. The smallest absolute Gasteiger partial charge is 0.123 e. The van der Waals surface area contributed by atoms with E-state index in [1.165, 1.54) is 24.8 Å². The van der Waals surface area contributed by atoms with Gasteiger partial charge in [0.1, 0.15) is 6.04 Å². The highest BCUT2D eigenvalue weighted by atomic mass is 15.2. The minimum atomic E-state index is -0.0634. The number of likely N-dealkylation sites (tertiary alicyclic amines) is 1. The van der Waals surface area contributed by atoms with Gasteiger partial charge in [0.05, 0.1) is 6.07 Å². The Kier molecular flexibility index (Phi) is 4.38. The third-order valence-corrected chi connectivity index (χ3v) is 3.80. The van der Waals surface area contributed by atoms with Crippen molar-refractivity contribution in [3.05, 3.63) is 35.4 Å². The van der Waals surface area contributed by atoms with Crippen LogP contribution in [0.15, 0.2) is 24.3 Å². The van der Waals surface area contributed by atoms with Crippen LogP contribution in [-0.4, -0.2) is 18.0 Å². The van der Waals surface area contributed by atoms with Crippen molar-refractivity contribution in [1.29, 1.82) is 5.26 Å². The lowest BCUT2D eigenvalue weighted by Gasteiger charge is -2.30. The van der Waals surface area contributed by atoms with Crippen LogP contribution in [0, 0.1) is 11.3 Å². The van der Waals surface area contributed by atoms with Crippen LogP contribution in [0.4, 0.5) is 0 Å². The first-order valence-electron chi connectivity index (χ1n) is 6.96. The highest BCUT2D eigenvalue weighted by molar-refractivity contribution is 5.29. The molecule has 1 heterocycles. The zero-order chi connectivity index (χ0) is 13.0. The summed E-state index contributed by atoms with van der Waals surface area (Å²) in [6, 6.07) is 11.0. The van der Waals surface area contributed by atoms with Crippen LogP contribution in [0.3, 0.4) is 0 Å². The van der Waals surface area contributed by atoms with Crippen molar-refractivity contribution in [2.75, 3.05) is 13.1 Å². The summed E-state index contributed by atoms with van der Waals surface area (Å²) in [6.45, 7) is 6.51. The second kappa shape index (κ2) is 6.02. The maximum atomic E-state index is 9.42. The summed E-state index contributed by atoms with van der Waals surface area (Å²) >= 11 is 0. The molecule has 1 aromatic rings. The van der Waals surface area contributed by atoms with Crippen LogP contribution in [0.1, 0.15) is 56.2 Å². The molecule has 0 aromatic heterocycles. The third kappa shape index (κ3) is 2.91. The molecule has 1 unspecified atom stereocenters. The van der Waals surface area contributed by atoms with Crippen molar-refractivity contribution < 1.29 is 0 Å². The Labute approximate surface area is 110 Å². The number of hydrogen-bond acceptors (Lipinski definition) is 2. The molecule has 1 fully saturated rings. The van der Waals surface area contributed by atoms with E-state index >= 15 is 0 Å². The molecule has 0 spiro atoms. The second-order valence-corrected chi connectivity index (χ2v) is 5.45. The molecule has 1 aliphatic heterocycles. The van der Waals surface area contributed by atoms with E-state index in [9.17, 15) is 5.26 Å². The van der Waals surface area contributed by atoms with Gasteiger partial charge in [-0.05, 0) is 43.0 Å². The second-order valence-electron chi connectivity index (χ2n) is 5.45. The third-order valence-electron chi connectivity index (χ3n) is 3.80. The Hall–Kier alpha value is -1.33. The fourth-order valence-electron chi connectivity index (χ4n) is 2.61. The predicted octanol–water partition coefficient (Wildman–Crippen LogP) is 3.86. The molecule has 2 nitrogen and oxygen atoms in total. The molecular weight excluding hydrogens is 220 g/mol. The molecule has 0 saturated carbocycles. The van der Waals surface area contributed by atoms with Crippen LogP contribution < -0.4 is 0 Å². The number of nitrogens with zero attached hydrogens (tertiary/aromatic N) is 2. The highest BCUT2D eigenvalue weighted by Crippen LogP contribution is 2.25. The molecule has 0 radical (unpaired) electrons. The Morgan fingerprint density at radius 1 is 1.00 bits per heavy atom. The summed E-state index contributed by atoms with van der Waals surface area (Å²) in [5.74, 6) is 0.551. The standard InChI is InChI=1S/C16H22N2/c1-13(2)14-6-8-15(9-7-14)16(12-17)18-10-4-3-5-11-18/h6-9,13,16H,3-5,10-11H2,1-2H3. The van der Waals surface area contributed by atoms with Crippen molar-refractivity contribution in [2.24, 2.45) is 0 Å². The summed E-state index contributed by atoms with van der Waals surface area (Å²) in [6.07, 6.45) is 3.76. The monoisotopic (exact) mass is 242 g/mol. The van der Waals surface area contributed by atoms with E-state index in [1.54, 1.807) is 0 Å². The van der Waals surface area contributed by atoms with Crippen molar-refractivity contribution in [3.63, 3.8) is 0 Å². The lowest BCUT2D eigenvalue weighted by atomic mass is 9.98. The minimum Gasteiger partial charge on any atom is -0.284 e. The van der Waals surface area contributed by atoms with E-state index in [0.717, 1.165) is 18.7 Å². The summed E-state index contributed by atoms with van der Waals surface area (Å²) in [5, 5.41) is 9.42. The largest absolute Gasteiger partial charge is 0.284 e. The maximum absolute atomic E-state index is 9.42. The fourth-order valence-corrected chi connectivity index (χ4v) is 2.61. The van der Waals surface area contributed by atoms with E-state index in [-0.39, 0.29) is 6.04 Å². The van der Waals surface area contributed by atoms with Gasteiger partial charge >= 0.3 is 0 Å². The molecule has 2 rings (SSSR count). The van der Waals surface area contributed by atoms with Crippen LogP contribution in [0.5, 0.6) is 0 Å². The van der Waals surface area contributed by atoms with Gasteiger partial charge in [-0.1, -0.05) is 44.5 Å². The van der Waals surface area contributed by atoms with Gasteiger partial charge in [-0.2, -0.15) is 5.26 Å². The molecule has 1 saturated heterocycles. The van der Waals surface area contributed by atoms with E-state index in [0.29, 0.717) is 5.92 Å². The predicted molar refractivity (Wildman–Crippen MR) is 74.3 cm³/mol. The lowest BCUT2D eigenvalue weighted by Crippen LogP contribution is -2.33. The van der Waals surface area contributed by atoms with Crippen molar-refractivity contribution in [1.82, 2.24) is 4.90 Å². The molecule has 0 N–H and O–H groups in total. The van der Waals surface area contributed by atoms with Gasteiger partial charge in [0.25, 0.3) is 0 Å². The molecular formula is C16H22N2. The lowest BCUT2D eigenvalue weighted by molar-refractivity contribution is 0.196. The minimum absolute atomic E-state index is 0.0634. The van der Waals surface area contributed by atoms with Crippen molar-refractivity contribution >= 4 is 0 Å². The molecule has 1 aromatic carbocycles. The van der Waals surface area contributed by atoms with Gasteiger partial charge in [-0.15, -0.1) is 0 Å². The van der Waals surface area contributed by atoms with Crippen LogP contribution in [0.25, 0.3) is 0 Å². The van der Waals surface area contributed by atoms with Gasteiger partial charge in [-0.25, -0.2) is 0 Å². The quantitative estimate of drug-likeness (QED) is 0.804.